The van der Waals surface area contributed by atoms with Crippen LogP contribution in [0.4, 0.5) is 5.69 Å². The van der Waals surface area contributed by atoms with Crippen LogP contribution in [0.15, 0.2) is 48.5 Å². The predicted molar refractivity (Wildman–Crippen MR) is 78.5 cm³/mol. The Labute approximate surface area is 126 Å². The summed E-state index contributed by atoms with van der Waals surface area (Å²) in [7, 11) is 0. The fraction of sp³-hybridized carbons (Fsp3) is 0.0667. The first kappa shape index (κ1) is 14.9. The minimum absolute atomic E-state index is 0.0492. The lowest BCUT2D eigenvalue weighted by Gasteiger charge is -2.07. The van der Waals surface area contributed by atoms with E-state index in [0.717, 1.165) is 0 Å². The lowest BCUT2D eigenvalue weighted by Crippen LogP contribution is -2.20. The highest BCUT2D eigenvalue weighted by Gasteiger charge is 2.14. The highest BCUT2D eigenvalue weighted by Crippen LogP contribution is 2.22. The lowest BCUT2D eigenvalue weighted by molar-refractivity contribution is -0.119. The number of phenolic OH excluding ortho intramolecular Hbond substituents is 1. The maximum Gasteiger partial charge on any atom is 0.342 e. The van der Waals surface area contributed by atoms with E-state index in [1.807, 2.05) is 6.07 Å². The first-order chi connectivity index (χ1) is 10.1. The minimum atomic E-state index is -0.799. The molecule has 0 aromatic heterocycles. The van der Waals surface area contributed by atoms with E-state index in [-0.39, 0.29) is 11.3 Å². The molecule has 2 aromatic rings. The summed E-state index contributed by atoms with van der Waals surface area (Å²) >= 11 is 5.66. The van der Waals surface area contributed by atoms with Gasteiger partial charge in [-0.3, -0.25) is 4.79 Å². The number of nitrogens with one attached hydrogen (secondary N) is 1. The van der Waals surface area contributed by atoms with Crippen LogP contribution in [-0.4, -0.2) is 23.6 Å². The molecule has 5 nitrogen and oxygen atoms in total. The molecule has 1 amide bonds. The third-order valence-electron chi connectivity index (χ3n) is 2.57. The average Bonchev–Trinajstić information content (AvgIpc) is 2.46. The molecule has 0 spiro atoms. The van der Waals surface area contributed by atoms with Crippen LogP contribution in [0.1, 0.15) is 10.4 Å². The quantitative estimate of drug-likeness (QED) is 0.852. The summed E-state index contributed by atoms with van der Waals surface area (Å²) in [5, 5.41) is 12.4. The van der Waals surface area contributed by atoms with E-state index in [4.69, 9.17) is 16.3 Å². The topological polar surface area (TPSA) is 75.6 Å². The van der Waals surface area contributed by atoms with Crippen molar-refractivity contribution < 1.29 is 19.4 Å². The van der Waals surface area contributed by atoms with Gasteiger partial charge in [-0.1, -0.05) is 29.8 Å². The molecular weight excluding hydrogens is 294 g/mol. The number of hydrogen-bond acceptors (Lipinski definition) is 4. The van der Waals surface area contributed by atoms with Gasteiger partial charge in [0.2, 0.25) is 0 Å². The number of anilines is 1. The summed E-state index contributed by atoms with van der Waals surface area (Å²) in [4.78, 5) is 23.3. The zero-order chi connectivity index (χ0) is 15.2. The molecular formula is C15H12ClNO4. The molecule has 0 saturated heterocycles. The number of carbonyl (C=O) groups is 2. The molecule has 6 heteroatoms. The number of ether oxygens (including phenoxy) is 1. The van der Waals surface area contributed by atoms with E-state index in [2.05, 4.69) is 5.32 Å². The van der Waals surface area contributed by atoms with Gasteiger partial charge >= 0.3 is 5.97 Å². The number of benzene rings is 2. The molecule has 0 saturated carbocycles. The van der Waals surface area contributed by atoms with Gasteiger partial charge in [-0.2, -0.15) is 0 Å². The fourth-order valence-corrected chi connectivity index (χ4v) is 1.77. The van der Waals surface area contributed by atoms with E-state index in [1.165, 1.54) is 18.2 Å². The Balaban J connectivity index is 1.90. The molecule has 21 heavy (non-hydrogen) atoms. The van der Waals surface area contributed by atoms with Crippen molar-refractivity contribution in [2.75, 3.05) is 11.9 Å². The van der Waals surface area contributed by atoms with Gasteiger partial charge in [-0.05, 0) is 30.3 Å². The third kappa shape index (κ3) is 4.22. The summed E-state index contributed by atoms with van der Waals surface area (Å²) in [6.07, 6.45) is 0. The first-order valence-corrected chi connectivity index (χ1v) is 6.44. The molecule has 2 N–H and O–H groups in total. The zero-order valence-corrected chi connectivity index (χ0v) is 11.6. The zero-order valence-electron chi connectivity index (χ0n) is 10.9. The Kier molecular flexibility index (Phi) is 4.79. The van der Waals surface area contributed by atoms with Crippen LogP contribution in [-0.2, 0) is 9.53 Å². The van der Waals surface area contributed by atoms with Crippen molar-refractivity contribution in [3.05, 3.63) is 59.1 Å². The van der Waals surface area contributed by atoms with Crippen LogP contribution in [0.25, 0.3) is 0 Å². The SMILES string of the molecule is O=C(COC(=O)c1ccc(Cl)cc1O)Nc1ccccc1. The van der Waals surface area contributed by atoms with Crippen LogP contribution >= 0.6 is 11.6 Å². The number of amides is 1. The number of para-hydroxylation sites is 1. The van der Waals surface area contributed by atoms with E-state index < -0.39 is 18.5 Å². The van der Waals surface area contributed by atoms with Gasteiger partial charge in [0.25, 0.3) is 5.91 Å². The van der Waals surface area contributed by atoms with E-state index in [9.17, 15) is 14.7 Å². The normalized spacial score (nSPS) is 9.95. The number of halogens is 1. The van der Waals surface area contributed by atoms with Crippen LogP contribution in [0.3, 0.4) is 0 Å². The number of esters is 1. The van der Waals surface area contributed by atoms with Gasteiger partial charge in [0.1, 0.15) is 11.3 Å². The van der Waals surface area contributed by atoms with Crippen molar-refractivity contribution in [1.82, 2.24) is 0 Å². The molecule has 0 atom stereocenters. The molecule has 2 rings (SSSR count). The minimum Gasteiger partial charge on any atom is -0.507 e. The number of phenols is 1. The molecule has 0 bridgehead atoms. The summed E-state index contributed by atoms with van der Waals surface area (Å²) in [6, 6.07) is 12.8. The van der Waals surface area contributed by atoms with Crippen molar-refractivity contribution >= 4 is 29.2 Å². The smallest absolute Gasteiger partial charge is 0.342 e. The van der Waals surface area contributed by atoms with Crippen molar-refractivity contribution in [3.8, 4) is 5.75 Å². The summed E-state index contributed by atoms with van der Waals surface area (Å²) in [5.74, 6) is -1.56. The standard InChI is InChI=1S/C15H12ClNO4/c16-10-6-7-12(13(18)8-10)15(20)21-9-14(19)17-11-4-2-1-3-5-11/h1-8,18H,9H2,(H,17,19). The molecule has 0 aliphatic heterocycles. The van der Waals surface area contributed by atoms with E-state index in [0.29, 0.717) is 10.7 Å². The van der Waals surface area contributed by atoms with Gasteiger partial charge in [0, 0.05) is 10.7 Å². The third-order valence-corrected chi connectivity index (χ3v) is 2.81. The maximum atomic E-state index is 11.7. The number of rotatable bonds is 4. The Bertz CT molecular complexity index is 658. The molecule has 0 aliphatic rings. The summed E-state index contributed by atoms with van der Waals surface area (Å²) in [6.45, 7) is -0.449. The number of hydrogen-bond donors (Lipinski definition) is 2. The monoisotopic (exact) mass is 305 g/mol. The van der Waals surface area contributed by atoms with Gasteiger partial charge in [0.05, 0.1) is 0 Å². The van der Waals surface area contributed by atoms with Crippen LogP contribution in [0, 0.1) is 0 Å². The van der Waals surface area contributed by atoms with Gasteiger partial charge in [-0.15, -0.1) is 0 Å². The van der Waals surface area contributed by atoms with E-state index >= 15 is 0 Å². The van der Waals surface area contributed by atoms with Crippen molar-refractivity contribution in [2.24, 2.45) is 0 Å². The second-order valence-corrected chi connectivity index (χ2v) is 4.59. The van der Waals surface area contributed by atoms with Crippen LogP contribution < -0.4 is 5.32 Å². The Morgan fingerprint density at radius 2 is 1.86 bits per heavy atom. The number of carbonyl (C=O) groups excluding carboxylic acids is 2. The average molecular weight is 306 g/mol. The fourth-order valence-electron chi connectivity index (χ4n) is 1.60. The van der Waals surface area contributed by atoms with Gasteiger partial charge in [0.15, 0.2) is 6.61 Å². The molecule has 0 radical (unpaired) electrons. The maximum absolute atomic E-state index is 11.7. The highest BCUT2D eigenvalue weighted by atomic mass is 35.5. The Morgan fingerprint density at radius 1 is 1.14 bits per heavy atom. The molecule has 0 fully saturated rings. The molecule has 0 aliphatic carbocycles. The summed E-state index contributed by atoms with van der Waals surface area (Å²) in [5.41, 5.74) is 0.555. The Morgan fingerprint density at radius 3 is 2.52 bits per heavy atom. The van der Waals surface area contributed by atoms with Gasteiger partial charge in [-0.25, -0.2) is 4.79 Å². The van der Waals surface area contributed by atoms with Crippen LogP contribution in [0.5, 0.6) is 5.75 Å². The van der Waals surface area contributed by atoms with E-state index in [1.54, 1.807) is 24.3 Å². The van der Waals surface area contributed by atoms with Crippen molar-refractivity contribution in [1.29, 1.82) is 0 Å². The largest absolute Gasteiger partial charge is 0.507 e. The molecule has 0 heterocycles. The highest BCUT2D eigenvalue weighted by molar-refractivity contribution is 6.30. The summed E-state index contributed by atoms with van der Waals surface area (Å²) < 4.78 is 4.83. The van der Waals surface area contributed by atoms with Gasteiger partial charge < -0.3 is 15.2 Å². The first-order valence-electron chi connectivity index (χ1n) is 6.07. The Hall–Kier alpha value is -2.53. The molecule has 0 unspecified atom stereocenters. The lowest BCUT2D eigenvalue weighted by atomic mass is 10.2. The number of aromatic hydroxyl groups is 1. The van der Waals surface area contributed by atoms with Crippen molar-refractivity contribution in [3.63, 3.8) is 0 Å². The second-order valence-electron chi connectivity index (χ2n) is 4.15. The van der Waals surface area contributed by atoms with Crippen LogP contribution in [0.2, 0.25) is 5.02 Å². The molecule has 2 aromatic carbocycles. The predicted octanol–water partition coefficient (Wildman–Crippen LogP) is 2.84. The second kappa shape index (κ2) is 6.76. The van der Waals surface area contributed by atoms with Crippen molar-refractivity contribution in [2.45, 2.75) is 0 Å². The molecule has 108 valence electrons.